The summed E-state index contributed by atoms with van der Waals surface area (Å²) in [6, 6.07) is -1.00. The van der Waals surface area contributed by atoms with Crippen molar-refractivity contribution in [3.05, 3.63) is 0 Å². The van der Waals surface area contributed by atoms with E-state index in [1.54, 1.807) is 0 Å². The van der Waals surface area contributed by atoms with E-state index in [2.05, 4.69) is 0 Å². The third kappa shape index (κ3) is 2.23. The molecule has 8 heavy (non-hydrogen) atoms. The third-order valence-corrected chi connectivity index (χ3v) is 0.972. The Morgan fingerprint density at radius 1 is 1.00 bits per heavy atom. The first kappa shape index (κ1) is 7.84. The Balaban J connectivity index is 3.29. The lowest BCUT2D eigenvalue weighted by molar-refractivity contribution is 0.199. The van der Waals surface area contributed by atoms with Gasteiger partial charge in [-0.2, -0.15) is 0 Å². The minimum absolute atomic E-state index is 0.179. The van der Waals surface area contributed by atoms with Gasteiger partial charge in [0, 0.05) is 12.1 Å². The zero-order chi connectivity index (χ0) is 6.57. The van der Waals surface area contributed by atoms with Gasteiger partial charge in [-0.25, -0.2) is 0 Å². The fraction of sp³-hybridized carbons (Fsp3) is 1.00. The molecule has 0 saturated carbocycles. The third-order valence-electron chi connectivity index (χ3n) is 0.972. The molecule has 0 heterocycles. The summed E-state index contributed by atoms with van der Waals surface area (Å²) < 4.78 is 0. The number of aliphatic hydroxyl groups excluding tert-OH is 2. The molecule has 0 fully saturated rings. The highest BCUT2D eigenvalue weighted by Gasteiger charge is 2.08. The Labute approximate surface area is 48.1 Å². The van der Waals surface area contributed by atoms with Gasteiger partial charge in [0.15, 0.2) is 0 Å². The number of rotatable bonds is 3. The highest BCUT2D eigenvalue weighted by Crippen LogP contribution is 1.81. The van der Waals surface area contributed by atoms with Crippen molar-refractivity contribution in [2.24, 2.45) is 11.5 Å². The van der Waals surface area contributed by atoms with Crippen LogP contribution in [0.25, 0.3) is 0 Å². The van der Waals surface area contributed by atoms with Crippen LogP contribution in [-0.4, -0.2) is 35.5 Å². The average molecular weight is 120 g/mol. The molecule has 0 radical (unpaired) electrons. The summed E-state index contributed by atoms with van der Waals surface area (Å²) in [7, 11) is 0. The second-order valence-corrected chi connectivity index (χ2v) is 1.69. The number of aliphatic hydroxyl groups is 2. The fourth-order valence-corrected chi connectivity index (χ4v) is 0.271. The van der Waals surface area contributed by atoms with Crippen molar-refractivity contribution >= 4 is 0 Å². The van der Waals surface area contributed by atoms with E-state index in [-0.39, 0.29) is 13.2 Å². The minimum Gasteiger partial charge on any atom is -0.395 e. The molecule has 0 unspecified atom stereocenters. The molecule has 50 valence electrons. The summed E-state index contributed by atoms with van der Waals surface area (Å²) in [6.45, 7) is -0.358. The molecule has 0 aliphatic heterocycles. The van der Waals surface area contributed by atoms with Crippen LogP contribution in [0.1, 0.15) is 0 Å². The Kier molecular flexibility index (Phi) is 3.72. The SMILES string of the molecule is N[C@@H](CO)[C@@H](N)CO. The predicted octanol–water partition coefficient (Wildman–Crippen LogP) is -2.37. The highest BCUT2D eigenvalue weighted by atomic mass is 16.3. The summed E-state index contributed by atoms with van der Waals surface area (Å²) in [4.78, 5) is 0. The monoisotopic (exact) mass is 120 g/mol. The van der Waals surface area contributed by atoms with Gasteiger partial charge in [-0.05, 0) is 0 Å². The molecule has 0 spiro atoms. The lowest BCUT2D eigenvalue weighted by Crippen LogP contribution is -2.46. The van der Waals surface area contributed by atoms with E-state index in [4.69, 9.17) is 21.7 Å². The van der Waals surface area contributed by atoms with Crippen LogP contribution in [0.3, 0.4) is 0 Å². The highest BCUT2D eigenvalue weighted by molar-refractivity contribution is 4.72. The van der Waals surface area contributed by atoms with Crippen molar-refractivity contribution in [2.75, 3.05) is 13.2 Å². The molecule has 4 heteroatoms. The molecule has 0 aromatic heterocycles. The maximum Gasteiger partial charge on any atom is 0.0598 e. The summed E-state index contributed by atoms with van der Waals surface area (Å²) in [6.07, 6.45) is 0. The molecule has 0 aliphatic rings. The molecular weight excluding hydrogens is 108 g/mol. The fourth-order valence-electron chi connectivity index (χ4n) is 0.271. The van der Waals surface area contributed by atoms with Gasteiger partial charge in [0.2, 0.25) is 0 Å². The van der Waals surface area contributed by atoms with Crippen LogP contribution in [0, 0.1) is 0 Å². The molecule has 4 nitrogen and oxygen atoms in total. The van der Waals surface area contributed by atoms with Gasteiger partial charge in [0.25, 0.3) is 0 Å². The first-order chi connectivity index (χ1) is 3.72. The lowest BCUT2D eigenvalue weighted by atomic mass is 10.2. The summed E-state index contributed by atoms with van der Waals surface area (Å²) >= 11 is 0. The molecule has 0 aliphatic carbocycles. The van der Waals surface area contributed by atoms with E-state index in [9.17, 15) is 0 Å². The second-order valence-electron chi connectivity index (χ2n) is 1.69. The maximum atomic E-state index is 8.32. The maximum absolute atomic E-state index is 8.32. The van der Waals surface area contributed by atoms with E-state index in [1.807, 2.05) is 0 Å². The molecule has 0 saturated heterocycles. The van der Waals surface area contributed by atoms with Gasteiger partial charge in [0.1, 0.15) is 0 Å². The zero-order valence-electron chi connectivity index (χ0n) is 4.62. The van der Waals surface area contributed by atoms with Gasteiger partial charge in [0.05, 0.1) is 13.2 Å². The van der Waals surface area contributed by atoms with Crippen LogP contribution >= 0.6 is 0 Å². The van der Waals surface area contributed by atoms with Gasteiger partial charge in [-0.15, -0.1) is 0 Å². The van der Waals surface area contributed by atoms with Crippen molar-refractivity contribution in [1.82, 2.24) is 0 Å². The Morgan fingerprint density at radius 2 is 1.25 bits per heavy atom. The molecule has 0 rings (SSSR count). The molecule has 2 atom stereocenters. The molecule has 0 aromatic carbocycles. The van der Waals surface area contributed by atoms with Crippen molar-refractivity contribution in [1.29, 1.82) is 0 Å². The van der Waals surface area contributed by atoms with E-state index in [1.165, 1.54) is 0 Å². The number of hydrogen-bond donors (Lipinski definition) is 4. The van der Waals surface area contributed by atoms with Crippen LogP contribution in [0.15, 0.2) is 0 Å². The standard InChI is InChI=1S/C4H12N2O2/c5-3(1-7)4(6)2-8/h3-4,7-8H,1-2,5-6H2/t3-,4-/m0/s1. The van der Waals surface area contributed by atoms with Crippen molar-refractivity contribution < 1.29 is 10.2 Å². The lowest BCUT2D eigenvalue weighted by Gasteiger charge is -2.13. The Morgan fingerprint density at radius 3 is 1.38 bits per heavy atom. The minimum atomic E-state index is -0.500. The van der Waals surface area contributed by atoms with E-state index < -0.39 is 12.1 Å². The normalized spacial score (nSPS) is 18.0. The van der Waals surface area contributed by atoms with Crippen molar-refractivity contribution in [2.45, 2.75) is 12.1 Å². The van der Waals surface area contributed by atoms with Gasteiger partial charge >= 0.3 is 0 Å². The molecule has 0 aromatic rings. The number of nitrogens with two attached hydrogens (primary N) is 2. The zero-order valence-corrected chi connectivity index (χ0v) is 4.62. The largest absolute Gasteiger partial charge is 0.395 e. The van der Waals surface area contributed by atoms with Crippen molar-refractivity contribution in [3.8, 4) is 0 Å². The molecule has 6 N–H and O–H groups in total. The summed E-state index contributed by atoms with van der Waals surface area (Å²) in [5.41, 5.74) is 10.4. The van der Waals surface area contributed by atoms with Gasteiger partial charge in [-0.1, -0.05) is 0 Å². The molecular formula is C4H12N2O2. The first-order valence-corrected chi connectivity index (χ1v) is 2.45. The molecule has 0 bridgehead atoms. The van der Waals surface area contributed by atoms with Gasteiger partial charge < -0.3 is 21.7 Å². The number of hydrogen-bond acceptors (Lipinski definition) is 4. The summed E-state index contributed by atoms with van der Waals surface area (Å²) in [5.74, 6) is 0. The van der Waals surface area contributed by atoms with Crippen molar-refractivity contribution in [3.63, 3.8) is 0 Å². The van der Waals surface area contributed by atoms with E-state index >= 15 is 0 Å². The summed E-state index contributed by atoms with van der Waals surface area (Å²) in [5, 5.41) is 16.6. The Bertz CT molecular complexity index is 52.0. The van der Waals surface area contributed by atoms with E-state index in [0.717, 1.165) is 0 Å². The Hall–Kier alpha value is -0.160. The van der Waals surface area contributed by atoms with Crippen LogP contribution in [-0.2, 0) is 0 Å². The molecule has 0 amide bonds. The average Bonchev–Trinajstić information content (AvgIpc) is 1.84. The van der Waals surface area contributed by atoms with Crippen LogP contribution in [0.4, 0.5) is 0 Å². The second kappa shape index (κ2) is 3.80. The van der Waals surface area contributed by atoms with Gasteiger partial charge in [-0.3, -0.25) is 0 Å². The smallest absolute Gasteiger partial charge is 0.0598 e. The van der Waals surface area contributed by atoms with Crippen LogP contribution in [0.5, 0.6) is 0 Å². The van der Waals surface area contributed by atoms with Crippen LogP contribution in [0.2, 0.25) is 0 Å². The predicted molar refractivity (Wildman–Crippen MR) is 30.1 cm³/mol. The van der Waals surface area contributed by atoms with E-state index in [0.29, 0.717) is 0 Å². The quantitative estimate of drug-likeness (QED) is 0.335. The topological polar surface area (TPSA) is 92.5 Å². The van der Waals surface area contributed by atoms with Crippen LogP contribution < -0.4 is 11.5 Å². The first-order valence-electron chi connectivity index (χ1n) is 2.45.